The lowest BCUT2D eigenvalue weighted by Gasteiger charge is -2.14. The Kier molecular flexibility index (Phi) is 4.46. The molecule has 98 valence electrons. The highest BCUT2D eigenvalue weighted by Crippen LogP contribution is 2.23. The molecule has 1 heterocycles. The summed E-state index contributed by atoms with van der Waals surface area (Å²) in [5, 5.41) is 7.95. The van der Waals surface area contributed by atoms with E-state index >= 15 is 0 Å². The van der Waals surface area contributed by atoms with Crippen molar-refractivity contribution < 1.29 is 21.2 Å². The fourth-order valence-electron chi connectivity index (χ4n) is 1.49. The Morgan fingerprint density at radius 1 is 1.11 bits per heavy atom. The van der Waals surface area contributed by atoms with Crippen LogP contribution in [0.2, 0.25) is 0 Å². The molecule has 1 aromatic heterocycles. The van der Waals surface area contributed by atoms with Crippen LogP contribution in [0.5, 0.6) is 0 Å². The molecule has 18 heavy (non-hydrogen) atoms. The molecule has 0 atom stereocenters. The van der Waals surface area contributed by atoms with Crippen molar-refractivity contribution in [1.29, 1.82) is 0 Å². The highest BCUT2D eigenvalue weighted by atomic mass is 35.5. The summed E-state index contributed by atoms with van der Waals surface area (Å²) >= 11 is 0. The van der Waals surface area contributed by atoms with E-state index in [9.17, 15) is 4.39 Å². The van der Waals surface area contributed by atoms with E-state index < -0.39 is 0 Å². The summed E-state index contributed by atoms with van der Waals surface area (Å²) in [7, 11) is 0. The highest BCUT2D eigenvalue weighted by molar-refractivity contribution is 5.51. The Hall–Kier alpha value is -1.42. The Morgan fingerprint density at radius 2 is 1.72 bits per heavy atom. The molecule has 3 nitrogen and oxygen atoms in total. The van der Waals surface area contributed by atoms with E-state index in [1.165, 1.54) is 12.1 Å². The number of halogens is 2. The number of hydrogen-bond acceptors (Lipinski definition) is 3. The largest absolute Gasteiger partial charge is 1.00 e. The topological polar surface area (TPSA) is 38.9 Å². The van der Waals surface area contributed by atoms with Crippen LogP contribution in [0.25, 0.3) is 11.5 Å². The van der Waals surface area contributed by atoms with E-state index in [0.717, 1.165) is 12.0 Å². The van der Waals surface area contributed by atoms with Crippen molar-refractivity contribution in [3.8, 4) is 11.5 Å². The molecule has 0 spiro atoms. The first kappa shape index (κ1) is 14.6. The van der Waals surface area contributed by atoms with Gasteiger partial charge in [-0.2, -0.15) is 0 Å². The number of nitrogens with zero attached hydrogens (tertiary/aromatic N) is 2. The first-order valence-electron chi connectivity index (χ1n) is 5.52. The lowest BCUT2D eigenvalue weighted by atomic mass is 9.92. The molecule has 0 amide bonds. The maximum atomic E-state index is 12.8. The van der Waals surface area contributed by atoms with E-state index in [1.54, 1.807) is 12.1 Å². The van der Waals surface area contributed by atoms with Gasteiger partial charge in [-0.05, 0) is 29.7 Å². The van der Waals surface area contributed by atoms with Gasteiger partial charge in [-0.3, -0.25) is 0 Å². The Bertz CT molecular complexity index is 502. The van der Waals surface area contributed by atoms with Gasteiger partial charge in [0.15, 0.2) is 0 Å². The lowest BCUT2D eigenvalue weighted by molar-refractivity contribution is -0.00000593. The molecule has 0 saturated carbocycles. The summed E-state index contributed by atoms with van der Waals surface area (Å²) in [5.74, 6) is 0.768. The monoisotopic (exact) mass is 269 g/mol. The van der Waals surface area contributed by atoms with Crippen LogP contribution in [0, 0.1) is 11.2 Å². The first-order chi connectivity index (χ1) is 7.94. The third-order valence-corrected chi connectivity index (χ3v) is 2.24. The van der Waals surface area contributed by atoms with Gasteiger partial charge in [0.25, 0.3) is 0 Å². The highest BCUT2D eigenvalue weighted by Gasteiger charge is 2.16. The molecule has 0 bridgehead atoms. The van der Waals surface area contributed by atoms with Gasteiger partial charge in [0.2, 0.25) is 11.8 Å². The van der Waals surface area contributed by atoms with Gasteiger partial charge in [-0.1, -0.05) is 20.8 Å². The van der Waals surface area contributed by atoms with Gasteiger partial charge in [-0.15, -0.1) is 10.2 Å². The molecule has 0 radical (unpaired) electrons. The van der Waals surface area contributed by atoms with Crippen molar-refractivity contribution in [1.82, 2.24) is 10.2 Å². The predicted octanol–water partition coefficient (Wildman–Crippen LogP) is 0.468. The zero-order valence-electron chi connectivity index (χ0n) is 10.6. The second-order valence-electron chi connectivity index (χ2n) is 5.25. The van der Waals surface area contributed by atoms with Crippen molar-refractivity contribution in [2.45, 2.75) is 27.2 Å². The second-order valence-corrected chi connectivity index (χ2v) is 5.25. The van der Waals surface area contributed by atoms with E-state index in [4.69, 9.17) is 4.42 Å². The Morgan fingerprint density at radius 3 is 2.28 bits per heavy atom. The number of rotatable bonds is 2. The van der Waals surface area contributed by atoms with Crippen LogP contribution >= 0.6 is 0 Å². The van der Waals surface area contributed by atoms with Crippen molar-refractivity contribution in [2.24, 2.45) is 5.41 Å². The summed E-state index contributed by atoms with van der Waals surface area (Å²) in [6, 6.07) is 6.01. The van der Waals surface area contributed by atoms with Crippen LogP contribution in [0.1, 0.15) is 26.7 Å². The SMILES string of the molecule is CC(C)(C)Cc1nnc(-c2ccc(F)cc2)o1.[Cl-]. The minimum absolute atomic E-state index is 0. The summed E-state index contributed by atoms with van der Waals surface area (Å²) in [4.78, 5) is 0. The van der Waals surface area contributed by atoms with Crippen LogP contribution in [-0.2, 0) is 6.42 Å². The molecule has 0 unspecified atom stereocenters. The normalized spacial score (nSPS) is 11.1. The summed E-state index contributed by atoms with van der Waals surface area (Å²) in [6.45, 7) is 6.32. The first-order valence-corrected chi connectivity index (χ1v) is 5.52. The van der Waals surface area contributed by atoms with E-state index in [-0.39, 0.29) is 23.6 Å². The molecule has 0 N–H and O–H groups in total. The molecule has 2 rings (SSSR count). The molecule has 5 heteroatoms. The minimum atomic E-state index is -0.275. The molecule has 0 fully saturated rings. The molecular weight excluding hydrogens is 255 g/mol. The zero-order valence-corrected chi connectivity index (χ0v) is 11.3. The summed E-state index contributed by atoms with van der Waals surface area (Å²) < 4.78 is 18.3. The van der Waals surface area contributed by atoms with Crippen LogP contribution in [0.4, 0.5) is 4.39 Å². The van der Waals surface area contributed by atoms with Gasteiger partial charge in [-0.25, -0.2) is 4.39 Å². The molecule has 0 aliphatic rings. The molecule has 1 aromatic carbocycles. The van der Waals surface area contributed by atoms with Gasteiger partial charge < -0.3 is 16.8 Å². The average molecular weight is 270 g/mol. The second kappa shape index (κ2) is 5.48. The molecular formula is C13H15ClFN2O-. The van der Waals surface area contributed by atoms with Crippen molar-refractivity contribution >= 4 is 0 Å². The molecule has 0 saturated heterocycles. The zero-order chi connectivity index (χ0) is 12.5. The maximum Gasteiger partial charge on any atom is 0.247 e. The van der Waals surface area contributed by atoms with Gasteiger partial charge >= 0.3 is 0 Å². The third-order valence-electron chi connectivity index (χ3n) is 2.24. The van der Waals surface area contributed by atoms with E-state index in [0.29, 0.717) is 11.8 Å². The van der Waals surface area contributed by atoms with E-state index in [1.807, 2.05) is 0 Å². The summed E-state index contributed by atoms with van der Waals surface area (Å²) in [5.41, 5.74) is 0.839. The molecule has 0 aliphatic heterocycles. The summed E-state index contributed by atoms with van der Waals surface area (Å²) in [6.07, 6.45) is 0.723. The maximum absolute atomic E-state index is 12.8. The third kappa shape index (κ3) is 3.81. The fourth-order valence-corrected chi connectivity index (χ4v) is 1.49. The van der Waals surface area contributed by atoms with Gasteiger partial charge in [0, 0.05) is 12.0 Å². The Balaban J connectivity index is 0.00000162. The molecule has 2 aromatic rings. The van der Waals surface area contributed by atoms with Crippen molar-refractivity contribution in [2.75, 3.05) is 0 Å². The van der Waals surface area contributed by atoms with Crippen LogP contribution in [0.3, 0.4) is 0 Å². The quantitative estimate of drug-likeness (QED) is 0.796. The number of benzene rings is 1. The average Bonchev–Trinajstić information content (AvgIpc) is 2.64. The van der Waals surface area contributed by atoms with Crippen LogP contribution in [0.15, 0.2) is 28.7 Å². The standard InChI is InChI=1S/C13H15FN2O.ClH/c1-13(2,3)8-11-15-16-12(17-11)9-4-6-10(14)7-5-9;/h4-7H,8H2,1-3H3;1H/p-1. The van der Waals surface area contributed by atoms with Crippen LogP contribution < -0.4 is 12.4 Å². The minimum Gasteiger partial charge on any atom is -1.00 e. The lowest BCUT2D eigenvalue weighted by Crippen LogP contribution is -3.00. The van der Waals surface area contributed by atoms with Crippen molar-refractivity contribution in [3.05, 3.63) is 36.0 Å². The number of hydrogen-bond donors (Lipinski definition) is 0. The van der Waals surface area contributed by atoms with E-state index in [2.05, 4.69) is 31.0 Å². The fraction of sp³-hybridized carbons (Fsp3) is 0.385. The predicted molar refractivity (Wildman–Crippen MR) is 62.9 cm³/mol. The smallest absolute Gasteiger partial charge is 0.247 e. The van der Waals surface area contributed by atoms with Crippen LogP contribution in [-0.4, -0.2) is 10.2 Å². The van der Waals surface area contributed by atoms with Gasteiger partial charge in [0.1, 0.15) is 5.82 Å². The van der Waals surface area contributed by atoms with Crippen molar-refractivity contribution in [3.63, 3.8) is 0 Å². The van der Waals surface area contributed by atoms with Gasteiger partial charge in [0.05, 0.1) is 0 Å². The Labute approximate surface area is 112 Å². The number of aromatic nitrogens is 2. The molecule has 0 aliphatic carbocycles.